The monoisotopic (exact) mass is 467 g/mol. The Morgan fingerprint density at radius 3 is 2.69 bits per heavy atom. The summed E-state index contributed by atoms with van der Waals surface area (Å²) >= 11 is 0. The van der Waals surface area contributed by atoms with Crippen LogP contribution in [0.2, 0.25) is 0 Å². The Bertz CT molecular complexity index is 1340. The first-order valence-corrected chi connectivity index (χ1v) is 11.5. The molecule has 5 rings (SSSR count). The molecule has 3 N–H and O–H groups in total. The van der Waals surface area contributed by atoms with Crippen molar-refractivity contribution in [2.75, 3.05) is 17.2 Å². The average Bonchev–Trinajstić information content (AvgIpc) is 3.25. The number of amides is 1. The third-order valence-corrected chi connectivity index (χ3v) is 5.76. The quantitative estimate of drug-likeness (QED) is 0.340. The molecule has 1 aliphatic carbocycles. The number of fused-ring (bicyclic) bond motifs is 1. The number of carbonyl (C=O) groups excluding carboxylic acids is 2. The van der Waals surface area contributed by atoms with E-state index in [1.165, 1.54) is 0 Å². The number of Topliss-reactive ketones (excluding diaryl/α,β-unsaturated/α-hetero) is 1. The summed E-state index contributed by atoms with van der Waals surface area (Å²) in [4.78, 5) is 37.1. The second-order valence-corrected chi connectivity index (χ2v) is 8.29. The maximum absolute atomic E-state index is 12.8. The summed E-state index contributed by atoms with van der Waals surface area (Å²) in [5.41, 5.74) is 5.63. The van der Waals surface area contributed by atoms with E-state index in [1.807, 2.05) is 54.6 Å². The van der Waals surface area contributed by atoms with E-state index < -0.39 is 0 Å². The number of ketones is 1. The van der Waals surface area contributed by atoms with Crippen LogP contribution in [0.3, 0.4) is 0 Å². The maximum Gasteiger partial charge on any atom is 0.251 e. The minimum atomic E-state index is -0.311. The molecular weight excluding hydrogens is 442 g/mol. The van der Waals surface area contributed by atoms with Crippen LogP contribution in [0.15, 0.2) is 73.1 Å². The van der Waals surface area contributed by atoms with Gasteiger partial charge in [0.25, 0.3) is 5.91 Å². The molecule has 0 bridgehead atoms. The third kappa shape index (κ3) is 5.28. The van der Waals surface area contributed by atoms with E-state index in [-0.39, 0.29) is 24.9 Å². The number of pyridine rings is 2. The Kier molecular flexibility index (Phi) is 6.63. The van der Waals surface area contributed by atoms with Crippen LogP contribution in [0, 0.1) is 0 Å². The van der Waals surface area contributed by atoms with Crippen LogP contribution in [0.5, 0.6) is 0 Å². The van der Waals surface area contributed by atoms with E-state index in [1.54, 1.807) is 18.5 Å². The number of aryl methyl sites for hydroxylation is 1. The number of anilines is 3. The number of aromatic amines is 1. The summed E-state index contributed by atoms with van der Waals surface area (Å²) in [5.74, 6) is 0.215. The fraction of sp³-hybridized carbons (Fsp3) is 0.185. The predicted octanol–water partition coefficient (Wildman–Crippen LogP) is 4.89. The van der Waals surface area contributed by atoms with Gasteiger partial charge in [-0.1, -0.05) is 24.3 Å². The molecule has 0 atom stereocenters. The predicted molar refractivity (Wildman–Crippen MR) is 134 cm³/mol. The number of ether oxygens (including phenoxy) is 1. The SMILES string of the molecule is O=C(COCc1ccccn1)Nc1cc(-c2[nH]c3c(c2Nc2ccccc2)C(=O)CCC3)ccn1. The van der Waals surface area contributed by atoms with E-state index in [9.17, 15) is 9.59 Å². The standard InChI is InChI=1S/C27H25N5O3/c33-22-11-6-10-21-25(22)27(30-19-7-2-1-3-8-19)26(31-21)18-12-14-29-23(15-18)32-24(34)17-35-16-20-9-4-5-13-28-20/h1-5,7-9,12-15,30-31H,6,10-11,16-17H2,(H,29,32,34). The van der Waals surface area contributed by atoms with Crippen molar-refractivity contribution in [3.63, 3.8) is 0 Å². The zero-order chi connectivity index (χ0) is 24.0. The average molecular weight is 468 g/mol. The smallest absolute Gasteiger partial charge is 0.251 e. The number of hydrogen-bond donors (Lipinski definition) is 3. The zero-order valence-electron chi connectivity index (χ0n) is 19.1. The fourth-order valence-corrected chi connectivity index (χ4v) is 4.17. The first-order valence-electron chi connectivity index (χ1n) is 11.5. The van der Waals surface area contributed by atoms with Gasteiger partial charge in [-0.25, -0.2) is 4.98 Å². The van der Waals surface area contributed by atoms with Gasteiger partial charge in [0.1, 0.15) is 12.4 Å². The number of H-pyrrole nitrogens is 1. The van der Waals surface area contributed by atoms with Gasteiger partial charge in [-0.15, -0.1) is 0 Å². The van der Waals surface area contributed by atoms with Gasteiger partial charge >= 0.3 is 0 Å². The second-order valence-electron chi connectivity index (χ2n) is 8.29. The van der Waals surface area contributed by atoms with Crippen molar-refractivity contribution >= 4 is 28.9 Å². The molecule has 0 saturated heterocycles. The Morgan fingerprint density at radius 2 is 1.86 bits per heavy atom. The van der Waals surface area contributed by atoms with Gasteiger partial charge in [0, 0.05) is 35.8 Å². The molecule has 8 heteroatoms. The largest absolute Gasteiger partial charge is 0.365 e. The third-order valence-electron chi connectivity index (χ3n) is 5.76. The molecule has 3 aromatic heterocycles. The highest BCUT2D eigenvalue weighted by Crippen LogP contribution is 2.39. The molecular formula is C27H25N5O3. The van der Waals surface area contributed by atoms with Crippen molar-refractivity contribution in [1.29, 1.82) is 0 Å². The van der Waals surface area contributed by atoms with Crippen LogP contribution in [0.1, 0.15) is 34.6 Å². The molecule has 1 aliphatic rings. The van der Waals surface area contributed by atoms with Crippen LogP contribution in [0.25, 0.3) is 11.3 Å². The highest BCUT2D eigenvalue weighted by Gasteiger charge is 2.27. The molecule has 4 aromatic rings. The molecule has 0 unspecified atom stereocenters. The number of aromatic nitrogens is 3. The number of benzene rings is 1. The van der Waals surface area contributed by atoms with Crippen molar-refractivity contribution in [3.05, 3.63) is 90.0 Å². The molecule has 35 heavy (non-hydrogen) atoms. The molecule has 1 aromatic carbocycles. The van der Waals surface area contributed by atoms with Crippen LogP contribution in [-0.2, 0) is 22.6 Å². The van der Waals surface area contributed by atoms with Gasteiger partial charge in [0.2, 0.25) is 0 Å². The number of hydrogen-bond acceptors (Lipinski definition) is 6. The highest BCUT2D eigenvalue weighted by molar-refractivity contribution is 6.07. The lowest BCUT2D eigenvalue weighted by Crippen LogP contribution is -2.19. The van der Waals surface area contributed by atoms with Crippen molar-refractivity contribution in [1.82, 2.24) is 15.0 Å². The van der Waals surface area contributed by atoms with Gasteiger partial charge in [-0.2, -0.15) is 0 Å². The van der Waals surface area contributed by atoms with Gasteiger partial charge in [-0.05, 0) is 49.2 Å². The lowest BCUT2D eigenvalue weighted by molar-refractivity contribution is -0.121. The van der Waals surface area contributed by atoms with Gasteiger partial charge in [0.15, 0.2) is 5.78 Å². The van der Waals surface area contributed by atoms with E-state index in [0.717, 1.165) is 46.9 Å². The van der Waals surface area contributed by atoms with Crippen molar-refractivity contribution in [3.8, 4) is 11.3 Å². The number of nitrogens with one attached hydrogen (secondary N) is 3. The number of nitrogens with zero attached hydrogens (tertiary/aromatic N) is 2. The van der Waals surface area contributed by atoms with E-state index in [0.29, 0.717) is 17.8 Å². The number of para-hydroxylation sites is 1. The summed E-state index contributed by atoms with van der Waals surface area (Å²) < 4.78 is 5.47. The first kappa shape index (κ1) is 22.5. The Morgan fingerprint density at radius 1 is 1.00 bits per heavy atom. The summed E-state index contributed by atoms with van der Waals surface area (Å²) in [6.07, 6.45) is 5.48. The molecule has 0 saturated carbocycles. The molecule has 0 radical (unpaired) electrons. The normalized spacial score (nSPS) is 12.7. The Balaban J connectivity index is 1.35. The minimum absolute atomic E-state index is 0.116. The Labute approximate surface area is 202 Å². The highest BCUT2D eigenvalue weighted by atomic mass is 16.5. The molecule has 3 heterocycles. The van der Waals surface area contributed by atoms with E-state index in [2.05, 4.69) is 25.6 Å². The lowest BCUT2D eigenvalue weighted by Gasteiger charge is -2.14. The first-order chi connectivity index (χ1) is 17.2. The zero-order valence-corrected chi connectivity index (χ0v) is 19.1. The van der Waals surface area contributed by atoms with Gasteiger partial charge < -0.3 is 20.4 Å². The fourth-order valence-electron chi connectivity index (χ4n) is 4.17. The molecule has 1 amide bonds. The summed E-state index contributed by atoms with van der Waals surface area (Å²) in [6, 6.07) is 18.9. The Hall–Kier alpha value is -4.30. The topological polar surface area (TPSA) is 109 Å². The summed E-state index contributed by atoms with van der Waals surface area (Å²) in [7, 11) is 0. The summed E-state index contributed by atoms with van der Waals surface area (Å²) in [5, 5.41) is 6.21. The van der Waals surface area contributed by atoms with Gasteiger partial charge in [-0.3, -0.25) is 14.6 Å². The van der Waals surface area contributed by atoms with E-state index in [4.69, 9.17) is 4.74 Å². The molecule has 0 spiro atoms. The second kappa shape index (κ2) is 10.3. The van der Waals surface area contributed by atoms with E-state index >= 15 is 0 Å². The van der Waals surface area contributed by atoms with Crippen LogP contribution >= 0.6 is 0 Å². The van der Waals surface area contributed by atoms with Crippen LogP contribution in [-0.4, -0.2) is 33.2 Å². The van der Waals surface area contributed by atoms with Gasteiger partial charge in [0.05, 0.1) is 29.2 Å². The molecule has 0 aliphatic heterocycles. The maximum atomic E-state index is 12.8. The molecule has 176 valence electrons. The molecule has 0 fully saturated rings. The number of rotatable bonds is 8. The minimum Gasteiger partial charge on any atom is -0.365 e. The van der Waals surface area contributed by atoms with Crippen LogP contribution in [0.4, 0.5) is 17.2 Å². The van der Waals surface area contributed by atoms with Crippen molar-refractivity contribution in [2.24, 2.45) is 0 Å². The summed E-state index contributed by atoms with van der Waals surface area (Å²) in [6.45, 7) is 0.132. The van der Waals surface area contributed by atoms with Crippen molar-refractivity contribution in [2.45, 2.75) is 25.9 Å². The molecule has 8 nitrogen and oxygen atoms in total. The number of carbonyl (C=O) groups is 2. The van der Waals surface area contributed by atoms with Crippen molar-refractivity contribution < 1.29 is 14.3 Å². The van der Waals surface area contributed by atoms with Crippen LogP contribution < -0.4 is 10.6 Å². The lowest BCUT2D eigenvalue weighted by atomic mass is 9.95.